The van der Waals surface area contributed by atoms with Gasteiger partial charge in [-0.1, -0.05) is 15.9 Å². The number of hydrogen-bond acceptors (Lipinski definition) is 1. The van der Waals surface area contributed by atoms with Gasteiger partial charge < -0.3 is 4.74 Å². The van der Waals surface area contributed by atoms with E-state index in [2.05, 4.69) is 27.8 Å². The number of halogens is 1. The second-order valence-electron chi connectivity index (χ2n) is 0.313. The van der Waals surface area contributed by atoms with Crippen LogP contribution >= 0.6 is 15.9 Å². The summed E-state index contributed by atoms with van der Waals surface area (Å²) >= 11 is 2.96. The second kappa shape index (κ2) is 3.44. The molecule has 2 heteroatoms. The van der Waals surface area contributed by atoms with Gasteiger partial charge in [-0.25, -0.2) is 0 Å². The predicted molar refractivity (Wildman–Crippen MR) is 20.2 cm³/mol. The van der Waals surface area contributed by atoms with Crippen LogP contribution in [0.4, 0.5) is 0 Å². The van der Waals surface area contributed by atoms with Crippen molar-refractivity contribution in [1.29, 1.82) is 0 Å². The number of hydrogen-bond donors (Lipinski definition) is 0. The van der Waals surface area contributed by atoms with Gasteiger partial charge in [-0.05, 0) is 0 Å². The Kier molecular flexibility index (Phi) is 3.82. The minimum absolute atomic E-state index is 0.521. The van der Waals surface area contributed by atoms with Crippen molar-refractivity contribution in [2.45, 2.75) is 0 Å². The van der Waals surface area contributed by atoms with Gasteiger partial charge >= 0.3 is 0 Å². The molecule has 0 aromatic rings. The molecule has 0 bridgehead atoms. The average molecular weight is 124 g/mol. The Morgan fingerprint density at radius 1 is 2.00 bits per heavy atom. The van der Waals surface area contributed by atoms with E-state index in [0.717, 1.165) is 0 Å². The molecule has 0 aromatic heterocycles. The molecule has 4 heavy (non-hydrogen) atoms. The van der Waals surface area contributed by atoms with Crippen molar-refractivity contribution in [2.24, 2.45) is 0 Å². The third-order valence-electron chi connectivity index (χ3n) is 0.0772. The Morgan fingerprint density at radius 2 is 2.25 bits per heavy atom. The maximum Gasteiger partial charge on any atom is 0.102 e. The normalized spacial score (nSPS) is 7.50. The highest BCUT2D eigenvalue weighted by Crippen LogP contribution is 1.74. The van der Waals surface area contributed by atoms with Crippen molar-refractivity contribution in [3.05, 3.63) is 7.11 Å². The molecule has 0 saturated heterocycles. The molecule has 1 radical (unpaired) electrons. The number of rotatable bonds is 1. The highest BCUT2D eigenvalue weighted by Gasteiger charge is 1.54. The first-order valence-electron chi connectivity index (χ1n) is 0.845. The highest BCUT2D eigenvalue weighted by molar-refractivity contribution is 9.09. The molecular formula is C2H4BrO. The van der Waals surface area contributed by atoms with E-state index >= 15 is 0 Å². The second-order valence-corrected chi connectivity index (χ2v) is 0.771. The van der Waals surface area contributed by atoms with Crippen LogP contribution in [0.1, 0.15) is 0 Å². The summed E-state index contributed by atoms with van der Waals surface area (Å²) in [4.78, 5) is 0. The van der Waals surface area contributed by atoms with Crippen LogP contribution in [0, 0.1) is 7.11 Å². The Morgan fingerprint density at radius 3 is 2.25 bits per heavy atom. The zero-order valence-corrected chi connectivity index (χ0v) is 3.79. The lowest BCUT2D eigenvalue weighted by molar-refractivity contribution is 0.314. The molecular weight excluding hydrogens is 120 g/mol. The number of ether oxygens (including phenoxy) is 1. The maximum atomic E-state index is 4.21. The third-order valence-corrected chi connectivity index (χ3v) is 0.401. The molecule has 0 aliphatic heterocycles. The molecule has 1 nitrogen and oxygen atoms in total. The van der Waals surface area contributed by atoms with E-state index in [-0.39, 0.29) is 0 Å². The molecule has 0 rings (SSSR count). The van der Waals surface area contributed by atoms with Gasteiger partial charge in [0.25, 0.3) is 0 Å². The van der Waals surface area contributed by atoms with Gasteiger partial charge in [0.05, 0.1) is 7.11 Å². The fourth-order valence-corrected chi connectivity index (χ4v) is 0. The van der Waals surface area contributed by atoms with Crippen LogP contribution in [0.25, 0.3) is 0 Å². The molecule has 0 unspecified atom stereocenters. The summed E-state index contributed by atoms with van der Waals surface area (Å²) in [6, 6.07) is 0. The molecule has 0 aliphatic carbocycles. The topological polar surface area (TPSA) is 9.23 Å². The van der Waals surface area contributed by atoms with Gasteiger partial charge in [0.2, 0.25) is 0 Å². The lowest BCUT2D eigenvalue weighted by Crippen LogP contribution is -1.63. The van der Waals surface area contributed by atoms with E-state index in [9.17, 15) is 0 Å². The smallest absolute Gasteiger partial charge is 0.102 e. The van der Waals surface area contributed by atoms with Crippen molar-refractivity contribution in [3.63, 3.8) is 0 Å². The molecule has 0 aliphatic rings. The minimum Gasteiger partial charge on any atom is -0.368 e. The molecule has 0 spiro atoms. The monoisotopic (exact) mass is 123 g/mol. The maximum absolute atomic E-state index is 4.21. The summed E-state index contributed by atoms with van der Waals surface area (Å²) in [6.07, 6.45) is 0. The van der Waals surface area contributed by atoms with Gasteiger partial charge in [-0.15, -0.1) is 0 Å². The Labute approximate surface area is 34.1 Å². The van der Waals surface area contributed by atoms with Crippen molar-refractivity contribution in [2.75, 3.05) is 5.52 Å². The fraction of sp³-hybridized carbons (Fsp3) is 0.500. The average Bonchev–Trinajstić information content (AvgIpc) is 1.37. The third kappa shape index (κ3) is 2.44. The fourth-order valence-electron chi connectivity index (χ4n) is 0. The van der Waals surface area contributed by atoms with Gasteiger partial charge in [0.15, 0.2) is 0 Å². The van der Waals surface area contributed by atoms with Crippen LogP contribution in [-0.2, 0) is 4.74 Å². The predicted octanol–water partition coefficient (Wildman–Crippen LogP) is 1.15. The van der Waals surface area contributed by atoms with Crippen LogP contribution in [0.3, 0.4) is 0 Å². The van der Waals surface area contributed by atoms with Gasteiger partial charge in [0, 0.05) is 0 Å². The van der Waals surface area contributed by atoms with E-state index in [1.54, 1.807) is 0 Å². The molecule has 25 valence electrons. The summed E-state index contributed by atoms with van der Waals surface area (Å²) in [5, 5.41) is 0. The first-order valence-corrected chi connectivity index (χ1v) is 1.97. The van der Waals surface area contributed by atoms with Gasteiger partial charge in [-0.3, -0.25) is 0 Å². The summed E-state index contributed by atoms with van der Waals surface area (Å²) in [6.45, 7) is 0. The Hall–Kier alpha value is 0.440. The van der Waals surface area contributed by atoms with Crippen molar-refractivity contribution in [3.8, 4) is 0 Å². The van der Waals surface area contributed by atoms with E-state index in [0.29, 0.717) is 5.52 Å². The zero-order chi connectivity index (χ0) is 3.41. The Bertz CT molecular complexity index is 8.00. The minimum atomic E-state index is 0.521. The number of alkyl halides is 1. The molecule has 0 saturated carbocycles. The molecule has 0 fully saturated rings. The SMILES string of the molecule is [CH2]OCBr. The van der Waals surface area contributed by atoms with Crippen LogP contribution in [0.2, 0.25) is 0 Å². The van der Waals surface area contributed by atoms with Crippen molar-refractivity contribution < 1.29 is 4.74 Å². The zero-order valence-electron chi connectivity index (χ0n) is 2.20. The highest BCUT2D eigenvalue weighted by atomic mass is 79.9. The van der Waals surface area contributed by atoms with E-state index < -0.39 is 0 Å². The molecule has 0 N–H and O–H groups in total. The summed E-state index contributed by atoms with van der Waals surface area (Å²) in [7, 11) is 3.06. The largest absolute Gasteiger partial charge is 0.368 e. The van der Waals surface area contributed by atoms with E-state index in [4.69, 9.17) is 0 Å². The molecule has 0 atom stereocenters. The standard InChI is InChI=1S/C2H4BrO/c1-4-2-3/h1-2H2. The van der Waals surface area contributed by atoms with Crippen molar-refractivity contribution in [1.82, 2.24) is 0 Å². The molecule has 0 aromatic carbocycles. The van der Waals surface area contributed by atoms with Crippen LogP contribution in [0.15, 0.2) is 0 Å². The lowest BCUT2D eigenvalue weighted by atomic mass is 11.6. The lowest BCUT2D eigenvalue weighted by Gasteiger charge is -1.73. The van der Waals surface area contributed by atoms with Crippen molar-refractivity contribution >= 4 is 15.9 Å². The first kappa shape index (κ1) is 4.44. The van der Waals surface area contributed by atoms with Gasteiger partial charge in [0.1, 0.15) is 5.52 Å². The Balaban J connectivity index is 1.97. The first-order chi connectivity index (χ1) is 1.91. The molecule has 0 amide bonds. The van der Waals surface area contributed by atoms with E-state index in [1.807, 2.05) is 0 Å². The van der Waals surface area contributed by atoms with Crippen LogP contribution < -0.4 is 0 Å². The summed E-state index contributed by atoms with van der Waals surface area (Å²) in [5.74, 6) is 0. The van der Waals surface area contributed by atoms with Gasteiger partial charge in [-0.2, -0.15) is 0 Å². The van der Waals surface area contributed by atoms with E-state index in [1.165, 1.54) is 0 Å². The van der Waals surface area contributed by atoms with Crippen LogP contribution in [-0.4, -0.2) is 5.52 Å². The van der Waals surface area contributed by atoms with Crippen LogP contribution in [0.5, 0.6) is 0 Å². The summed E-state index contributed by atoms with van der Waals surface area (Å²) in [5.41, 5.74) is 0.521. The quantitative estimate of drug-likeness (QED) is 0.476. The molecule has 0 heterocycles. The summed E-state index contributed by atoms with van der Waals surface area (Å²) < 4.78 is 4.21.